The van der Waals surface area contributed by atoms with Crippen LogP contribution >= 0.6 is 0 Å². The first kappa shape index (κ1) is 26.4. The number of nitrogens with two attached hydrogens (primary N) is 1. The van der Waals surface area contributed by atoms with E-state index in [2.05, 4.69) is 10.1 Å². The van der Waals surface area contributed by atoms with Crippen molar-refractivity contribution in [3.05, 3.63) is 73.8 Å². The SMILES string of the molecule is CCc1noc(C)c1C(=O)OCC(=O)N(CCCOC)c1c(N)n(Cc2ccccc2)c(=O)[nH]c1=O. The minimum atomic E-state index is -0.831. The number of nitrogens with one attached hydrogen (secondary N) is 1. The number of hydrogen-bond acceptors (Lipinski definition) is 9. The van der Waals surface area contributed by atoms with Gasteiger partial charge in [0.05, 0.1) is 12.2 Å². The average molecular weight is 500 g/mol. The van der Waals surface area contributed by atoms with Crippen LogP contribution in [0.25, 0.3) is 0 Å². The minimum absolute atomic E-state index is 0.0353. The summed E-state index contributed by atoms with van der Waals surface area (Å²) < 4.78 is 16.5. The molecule has 1 amide bonds. The summed E-state index contributed by atoms with van der Waals surface area (Å²) in [5, 5.41) is 3.81. The van der Waals surface area contributed by atoms with Crippen molar-refractivity contribution in [2.45, 2.75) is 33.2 Å². The molecule has 1 aromatic carbocycles. The zero-order chi connectivity index (χ0) is 26.2. The normalized spacial score (nSPS) is 10.9. The third-order valence-corrected chi connectivity index (χ3v) is 5.50. The quantitative estimate of drug-likeness (QED) is 0.292. The zero-order valence-electron chi connectivity index (χ0n) is 20.4. The van der Waals surface area contributed by atoms with Gasteiger partial charge >= 0.3 is 11.7 Å². The Morgan fingerprint density at radius 3 is 2.61 bits per heavy atom. The van der Waals surface area contributed by atoms with E-state index in [4.69, 9.17) is 19.7 Å². The van der Waals surface area contributed by atoms with E-state index in [1.165, 1.54) is 11.7 Å². The van der Waals surface area contributed by atoms with Gasteiger partial charge in [-0.2, -0.15) is 0 Å². The molecule has 0 radical (unpaired) electrons. The molecule has 192 valence electrons. The number of anilines is 2. The molecule has 3 aromatic rings. The molecule has 36 heavy (non-hydrogen) atoms. The maximum atomic E-state index is 13.2. The Kier molecular flexibility index (Phi) is 8.79. The van der Waals surface area contributed by atoms with E-state index in [1.807, 2.05) is 6.07 Å². The summed E-state index contributed by atoms with van der Waals surface area (Å²) in [4.78, 5) is 54.4. The number of H-pyrrole nitrogens is 1. The van der Waals surface area contributed by atoms with Crippen molar-refractivity contribution in [3.8, 4) is 0 Å². The van der Waals surface area contributed by atoms with Gasteiger partial charge in [0.1, 0.15) is 17.1 Å². The number of esters is 1. The second-order valence-electron chi connectivity index (χ2n) is 7.95. The van der Waals surface area contributed by atoms with Gasteiger partial charge in [0, 0.05) is 20.3 Å². The number of carbonyl (C=O) groups is 2. The van der Waals surface area contributed by atoms with Gasteiger partial charge in [0.25, 0.3) is 11.5 Å². The van der Waals surface area contributed by atoms with E-state index in [0.29, 0.717) is 25.1 Å². The second kappa shape index (κ2) is 12.0. The Morgan fingerprint density at radius 2 is 1.94 bits per heavy atom. The molecule has 0 aliphatic rings. The number of benzene rings is 1. The van der Waals surface area contributed by atoms with Gasteiger partial charge in [0.15, 0.2) is 12.3 Å². The summed E-state index contributed by atoms with van der Waals surface area (Å²) in [6.07, 6.45) is 0.797. The standard InChI is InChI=1S/C24H29N5O7/c1-4-17-19(15(2)36-27-17)23(32)35-14-18(30)28(11-8-12-34-3)20-21(25)29(24(33)26-22(20)31)13-16-9-6-5-7-10-16/h5-7,9-10H,4,8,11-14,25H2,1-3H3,(H,26,31,33). The molecule has 0 atom stereocenters. The van der Waals surface area contributed by atoms with Crippen LogP contribution in [0.15, 0.2) is 44.4 Å². The zero-order valence-corrected chi connectivity index (χ0v) is 20.4. The number of aromatic amines is 1. The van der Waals surface area contributed by atoms with Crippen molar-refractivity contribution in [1.29, 1.82) is 0 Å². The Hall–Kier alpha value is -4.19. The summed E-state index contributed by atoms with van der Waals surface area (Å²) in [7, 11) is 1.50. The topological polar surface area (TPSA) is 163 Å². The van der Waals surface area contributed by atoms with Crippen molar-refractivity contribution in [2.75, 3.05) is 37.5 Å². The highest BCUT2D eigenvalue weighted by Gasteiger charge is 2.27. The lowest BCUT2D eigenvalue weighted by Crippen LogP contribution is -2.43. The van der Waals surface area contributed by atoms with E-state index < -0.39 is 29.7 Å². The van der Waals surface area contributed by atoms with Gasteiger partial charge in [-0.15, -0.1) is 0 Å². The number of carbonyl (C=O) groups excluding carboxylic acids is 2. The van der Waals surface area contributed by atoms with Crippen LogP contribution in [-0.2, 0) is 27.2 Å². The molecule has 12 heteroatoms. The van der Waals surface area contributed by atoms with E-state index >= 15 is 0 Å². The minimum Gasteiger partial charge on any atom is -0.452 e. The first-order chi connectivity index (χ1) is 17.3. The first-order valence-electron chi connectivity index (χ1n) is 11.4. The van der Waals surface area contributed by atoms with Crippen LogP contribution in [0.1, 0.15) is 40.7 Å². The molecule has 0 fully saturated rings. The number of methoxy groups -OCH3 is 1. The molecule has 0 saturated heterocycles. The van der Waals surface area contributed by atoms with E-state index in [9.17, 15) is 19.2 Å². The molecule has 2 heterocycles. The lowest BCUT2D eigenvalue weighted by molar-refractivity contribution is -0.121. The number of nitrogen functional groups attached to an aromatic ring is 1. The van der Waals surface area contributed by atoms with Crippen LogP contribution in [0.3, 0.4) is 0 Å². The van der Waals surface area contributed by atoms with Crippen molar-refractivity contribution in [2.24, 2.45) is 0 Å². The molecule has 12 nitrogen and oxygen atoms in total. The average Bonchev–Trinajstić information content (AvgIpc) is 3.25. The molecule has 0 saturated carbocycles. The fourth-order valence-corrected chi connectivity index (χ4v) is 3.69. The highest BCUT2D eigenvalue weighted by Crippen LogP contribution is 2.20. The summed E-state index contributed by atoms with van der Waals surface area (Å²) in [5.41, 5.74) is 5.84. The molecule has 0 bridgehead atoms. The third-order valence-electron chi connectivity index (χ3n) is 5.50. The number of ether oxygens (including phenoxy) is 2. The lowest BCUT2D eigenvalue weighted by atomic mass is 10.1. The molecule has 0 spiro atoms. The number of nitrogens with zero attached hydrogens (tertiary/aromatic N) is 3. The van der Waals surface area contributed by atoms with Crippen LogP contribution in [0, 0.1) is 6.92 Å². The van der Waals surface area contributed by atoms with Gasteiger partial charge < -0.3 is 24.6 Å². The van der Waals surface area contributed by atoms with Gasteiger partial charge in [-0.05, 0) is 25.3 Å². The molecule has 0 aliphatic heterocycles. The Balaban J connectivity index is 1.91. The van der Waals surface area contributed by atoms with E-state index in [1.54, 1.807) is 38.1 Å². The monoisotopic (exact) mass is 499 g/mol. The first-order valence-corrected chi connectivity index (χ1v) is 11.4. The predicted molar refractivity (Wildman–Crippen MR) is 131 cm³/mol. The van der Waals surface area contributed by atoms with Crippen LogP contribution in [0.5, 0.6) is 0 Å². The van der Waals surface area contributed by atoms with Crippen molar-refractivity contribution < 1.29 is 23.6 Å². The smallest absolute Gasteiger partial charge is 0.344 e. The van der Waals surface area contributed by atoms with Gasteiger partial charge in [0.2, 0.25) is 0 Å². The molecule has 3 N–H and O–H groups in total. The fraction of sp³-hybridized carbons (Fsp3) is 0.375. The lowest BCUT2D eigenvalue weighted by Gasteiger charge is -2.24. The van der Waals surface area contributed by atoms with Crippen molar-refractivity contribution in [3.63, 3.8) is 0 Å². The van der Waals surface area contributed by atoms with Crippen LogP contribution in [0.2, 0.25) is 0 Å². The van der Waals surface area contributed by atoms with Crippen molar-refractivity contribution in [1.82, 2.24) is 14.7 Å². The Morgan fingerprint density at radius 1 is 1.22 bits per heavy atom. The van der Waals surface area contributed by atoms with Gasteiger partial charge in [-0.25, -0.2) is 9.59 Å². The highest BCUT2D eigenvalue weighted by molar-refractivity contribution is 5.99. The van der Waals surface area contributed by atoms with E-state index in [0.717, 1.165) is 10.5 Å². The van der Waals surface area contributed by atoms with Gasteiger partial charge in [-0.1, -0.05) is 42.4 Å². The Labute approximate surface area is 206 Å². The Bertz CT molecular complexity index is 1330. The largest absolute Gasteiger partial charge is 0.452 e. The number of hydrogen-bond donors (Lipinski definition) is 2. The third kappa shape index (κ3) is 5.89. The number of aryl methyl sites for hydroxylation is 2. The van der Waals surface area contributed by atoms with Crippen LogP contribution in [0.4, 0.5) is 11.5 Å². The summed E-state index contributed by atoms with van der Waals surface area (Å²) in [6, 6.07) is 9.04. The van der Waals surface area contributed by atoms with Crippen LogP contribution in [-0.4, -0.2) is 53.5 Å². The fourth-order valence-electron chi connectivity index (χ4n) is 3.69. The molecule has 0 aliphatic carbocycles. The highest BCUT2D eigenvalue weighted by atomic mass is 16.5. The van der Waals surface area contributed by atoms with Gasteiger partial charge in [-0.3, -0.25) is 19.1 Å². The number of amides is 1. The maximum Gasteiger partial charge on any atom is 0.344 e. The van der Waals surface area contributed by atoms with E-state index in [-0.39, 0.29) is 35.9 Å². The predicted octanol–water partition coefficient (Wildman–Crippen LogP) is 1.25. The molecular formula is C24H29N5O7. The molecule has 2 aromatic heterocycles. The molecule has 3 rings (SSSR count). The second-order valence-corrected chi connectivity index (χ2v) is 7.95. The molecular weight excluding hydrogens is 470 g/mol. The number of rotatable bonds is 11. The van der Waals surface area contributed by atoms with Crippen molar-refractivity contribution >= 4 is 23.4 Å². The maximum absolute atomic E-state index is 13.2. The summed E-state index contributed by atoms with van der Waals surface area (Å²) in [6.45, 7) is 3.11. The molecule has 0 unspecified atom stereocenters. The summed E-state index contributed by atoms with van der Waals surface area (Å²) in [5.74, 6) is -1.39. The van der Waals surface area contributed by atoms with Crippen LogP contribution < -0.4 is 21.9 Å². The summed E-state index contributed by atoms with van der Waals surface area (Å²) >= 11 is 0. The number of aromatic nitrogens is 3.